The number of amides is 1. The molecule has 12 heavy (non-hydrogen) atoms. The smallest absolute Gasteiger partial charge is 0.270 e. The Morgan fingerprint density at radius 1 is 1.58 bits per heavy atom. The van der Waals surface area contributed by atoms with Crippen LogP contribution in [0.5, 0.6) is 0 Å². The Kier molecular flexibility index (Phi) is 3.59. The monoisotopic (exact) mass is 177 g/mol. The molecule has 3 unspecified atom stereocenters. The predicted molar refractivity (Wildman–Crippen MR) is 42.6 cm³/mol. The van der Waals surface area contributed by atoms with E-state index in [-0.39, 0.29) is 0 Å². The Bertz CT molecular complexity index is 161. The van der Waals surface area contributed by atoms with Gasteiger partial charge in [-0.1, -0.05) is 0 Å². The van der Waals surface area contributed by atoms with Gasteiger partial charge in [0.25, 0.3) is 5.91 Å². The van der Waals surface area contributed by atoms with E-state index >= 15 is 0 Å². The van der Waals surface area contributed by atoms with Crippen LogP contribution in [-0.2, 0) is 4.79 Å². The molecule has 7 N–H and O–H groups in total. The average Bonchev–Trinajstić information content (AvgIpc) is 2.00. The zero-order chi connectivity index (χ0) is 9.94. The van der Waals surface area contributed by atoms with E-state index in [1.54, 1.807) is 5.43 Å². The van der Waals surface area contributed by atoms with Crippen LogP contribution in [0.15, 0.2) is 0 Å². The van der Waals surface area contributed by atoms with E-state index in [1.807, 2.05) is 0 Å². The van der Waals surface area contributed by atoms with Crippen LogP contribution in [0.2, 0.25) is 0 Å². The number of hydrogen-bond acceptors (Lipinski definition) is 5. The Hall–Kier alpha value is -0.690. The van der Waals surface area contributed by atoms with Crippen molar-refractivity contribution in [3.63, 3.8) is 0 Å². The summed E-state index contributed by atoms with van der Waals surface area (Å²) in [5.74, 6) is 3.91. The molecule has 3 atom stereocenters. The van der Waals surface area contributed by atoms with Crippen molar-refractivity contribution in [2.75, 3.05) is 0 Å². The highest BCUT2D eigenvalue weighted by atomic mass is 16.4. The van der Waals surface area contributed by atoms with E-state index in [9.17, 15) is 9.90 Å². The fourth-order valence-electron chi connectivity index (χ4n) is 0.893. The number of aliphatic hydroxyl groups excluding tert-OH is 1. The molecular weight excluding hydrogens is 162 g/mol. The lowest BCUT2D eigenvalue weighted by atomic mass is 9.90. The minimum absolute atomic E-state index is 0.896. The fourth-order valence-corrected chi connectivity index (χ4v) is 0.893. The van der Waals surface area contributed by atoms with Crippen molar-refractivity contribution in [1.29, 1.82) is 0 Å². The standard InChI is InChI=1S/C6H15N3O3/c1-3(7)6(12,4(2)10)5(11)9-8/h3-4,10,12H,7-8H2,1-2H3,(H,9,11). The van der Waals surface area contributed by atoms with Gasteiger partial charge in [-0.15, -0.1) is 0 Å². The molecule has 0 aliphatic rings. The molecule has 0 aliphatic heterocycles. The Labute approximate surface area is 70.5 Å². The van der Waals surface area contributed by atoms with Gasteiger partial charge < -0.3 is 15.9 Å². The van der Waals surface area contributed by atoms with Gasteiger partial charge in [0, 0.05) is 6.04 Å². The van der Waals surface area contributed by atoms with Crippen LogP contribution < -0.4 is 17.0 Å². The second-order valence-corrected chi connectivity index (χ2v) is 2.76. The molecule has 1 amide bonds. The van der Waals surface area contributed by atoms with Crippen molar-refractivity contribution < 1.29 is 15.0 Å². The van der Waals surface area contributed by atoms with Crippen LogP contribution >= 0.6 is 0 Å². The summed E-state index contributed by atoms with van der Waals surface area (Å²) in [6.45, 7) is 2.67. The van der Waals surface area contributed by atoms with Gasteiger partial charge >= 0.3 is 0 Å². The van der Waals surface area contributed by atoms with Crippen molar-refractivity contribution in [2.45, 2.75) is 31.6 Å². The van der Waals surface area contributed by atoms with Crippen LogP contribution in [0.25, 0.3) is 0 Å². The van der Waals surface area contributed by atoms with Crippen molar-refractivity contribution in [1.82, 2.24) is 5.43 Å². The van der Waals surface area contributed by atoms with Crippen molar-refractivity contribution in [3.05, 3.63) is 0 Å². The summed E-state index contributed by atoms with van der Waals surface area (Å²) in [5.41, 5.74) is 5.03. The maximum Gasteiger partial charge on any atom is 0.270 e. The minimum Gasteiger partial charge on any atom is -0.390 e. The van der Waals surface area contributed by atoms with E-state index in [0.29, 0.717) is 0 Å². The van der Waals surface area contributed by atoms with E-state index in [4.69, 9.17) is 16.7 Å². The van der Waals surface area contributed by atoms with E-state index in [0.717, 1.165) is 0 Å². The van der Waals surface area contributed by atoms with Gasteiger partial charge in [0.2, 0.25) is 0 Å². The van der Waals surface area contributed by atoms with Gasteiger partial charge in [-0.25, -0.2) is 5.84 Å². The van der Waals surface area contributed by atoms with E-state index in [2.05, 4.69) is 0 Å². The molecule has 0 saturated heterocycles. The largest absolute Gasteiger partial charge is 0.390 e. The SMILES string of the molecule is CC(N)C(O)(C(=O)NN)C(C)O. The van der Waals surface area contributed by atoms with Crippen molar-refractivity contribution >= 4 is 5.91 Å². The maximum atomic E-state index is 11.0. The molecule has 0 radical (unpaired) electrons. The molecule has 6 nitrogen and oxygen atoms in total. The zero-order valence-corrected chi connectivity index (χ0v) is 7.11. The molecule has 72 valence electrons. The Morgan fingerprint density at radius 2 is 2.00 bits per heavy atom. The molecule has 0 heterocycles. The molecule has 0 aromatic heterocycles. The number of carbonyl (C=O) groups excluding carboxylic acids is 1. The summed E-state index contributed by atoms with van der Waals surface area (Å²) in [4.78, 5) is 11.0. The Balaban J connectivity index is 4.74. The second kappa shape index (κ2) is 3.81. The lowest BCUT2D eigenvalue weighted by molar-refractivity contribution is -0.154. The second-order valence-electron chi connectivity index (χ2n) is 2.76. The number of hydrazine groups is 1. The van der Waals surface area contributed by atoms with Gasteiger partial charge in [0.1, 0.15) is 0 Å². The van der Waals surface area contributed by atoms with Crippen LogP contribution in [0, 0.1) is 0 Å². The molecule has 0 fully saturated rings. The first-order chi connectivity index (χ1) is 5.37. The zero-order valence-electron chi connectivity index (χ0n) is 7.11. The molecule has 0 saturated carbocycles. The first-order valence-corrected chi connectivity index (χ1v) is 3.54. The van der Waals surface area contributed by atoms with Gasteiger partial charge in [-0.2, -0.15) is 0 Å². The first-order valence-electron chi connectivity index (χ1n) is 3.54. The summed E-state index contributed by atoms with van der Waals surface area (Å²) < 4.78 is 0. The third kappa shape index (κ3) is 1.72. The highest BCUT2D eigenvalue weighted by Gasteiger charge is 2.44. The summed E-state index contributed by atoms with van der Waals surface area (Å²) in [6.07, 6.45) is -1.28. The highest BCUT2D eigenvalue weighted by molar-refractivity contribution is 5.85. The van der Waals surface area contributed by atoms with E-state index < -0.39 is 23.7 Å². The number of aliphatic hydroxyl groups is 2. The van der Waals surface area contributed by atoms with E-state index in [1.165, 1.54) is 13.8 Å². The number of carbonyl (C=O) groups is 1. The molecule has 0 aliphatic carbocycles. The number of hydrogen-bond donors (Lipinski definition) is 5. The molecular formula is C6H15N3O3. The lowest BCUT2D eigenvalue weighted by Gasteiger charge is -2.32. The van der Waals surface area contributed by atoms with Crippen molar-refractivity contribution in [2.24, 2.45) is 11.6 Å². The molecule has 0 aromatic carbocycles. The van der Waals surface area contributed by atoms with Crippen LogP contribution in [0.1, 0.15) is 13.8 Å². The molecule has 0 spiro atoms. The summed E-state index contributed by atoms with van der Waals surface area (Å²) in [6, 6.07) is -0.902. The van der Waals surface area contributed by atoms with Crippen LogP contribution in [0.4, 0.5) is 0 Å². The molecule has 0 rings (SSSR count). The maximum absolute atomic E-state index is 11.0. The quantitative estimate of drug-likeness (QED) is 0.184. The molecule has 0 bridgehead atoms. The number of nitrogens with one attached hydrogen (secondary N) is 1. The lowest BCUT2D eigenvalue weighted by Crippen LogP contribution is -2.64. The van der Waals surface area contributed by atoms with Crippen LogP contribution in [-0.4, -0.2) is 33.9 Å². The van der Waals surface area contributed by atoms with Gasteiger partial charge in [-0.3, -0.25) is 10.2 Å². The fraction of sp³-hybridized carbons (Fsp3) is 0.833. The minimum atomic E-state index is -2.03. The molecule has 6 heteroatoms. The number of rotatable bonds is 3. The van der Waals surface area contributed by atoms with Gasteiger partial charge in [-0.05, 0) is 13.8 Å². The summed E-state index contributed by atoms with van der Waals surface area (Å²) in [5, 5.41) is 18.7. The van der Waals surface area contributed by atoms with Crippen LogP contribution in [0.3, 0.4) is 0 Å². The number of nitrogens with two attached hydrogens (primary N) is 2. The topological polar surface area (TPSA) is 122 Å². The van der Waals surface area contributed by atoms with Gasteiger partial charge in [0.15, 0.2) is 5.60 Å². The van der Waals surface area contributed by atoms with Crippen molar-refractivity contribution in [3.8, 4) is 0 Å². The third-order valence-corrected chi connectivity index (χ3v) is 1.83. The average molecular weight is 177 g/mol. The summed E-state index contributed by atoms with van der Waals surface area (Å²) >= 11 is 0. The highest BCUT2D eigenvalue weighted by Crippen LogP contribution is 2.14. The predicted octanol–water partition coefficient (Wildman–Crippen LogP) is -2.56. The normalized spacial score (nSPS) is 20.8. The van der Waals surface area contributed by atoms with Gasteiger partial charge in [0.05, 0.1) is 6.10 Å². The Morgan fingerprint density at radius 3 is 2.08 bits per heavy atom. The first kappa shape index (κ1) is 11.3. The summed E-state index contributed by atoms with van der Waals surface area (Å²) in [7, 11) is 0. The third-order valence-electron chi connectivity index (χ3n) is 1.83. The molecule has 0 aromatic rings.